The van der Waals surface area contributed by atoms with Gasteiger partial charge >= 0.3 is 5.97 Å². The minimum atomic E-state index is -1.62. The van der Waals surface area contributed by atoms with E-state index in [1.54, 1.807) is 17.8 Å². The van der Waals surface area contributed by atoms with Crippen LogP contribution in [0.5, 0.6) is 0 Å². The first kappa shape index (κ1) is 13.9. The van der Waals surface area contributed by atoms with Crippen LogP contribution < -0.4 is 0 Å². The molecule has 0 saturated heterocycles. The molecule has 0 amide bonds. The number of carbonyl (C=O) groups is 2. The summed E-state index contributed by atoms with van der Waals surface area (Å²) in [6.07, 6.45) is 4.57. The summed E-state index contributed by atoms with van der Waals surface area (Å²) in [6.45, 7) is 0. The van der Waals surface area contributed by atoms with Gasteiger partial charge in [0, 0.05) is 30.3 Å². The molecule has 0 aromatic carbocycles. The molecular formula is C13H10N2O4S. The summed E-state index contributed by atoms with van der Waals surface area (Å²) in [5.74, 6) is -3.26. The van der Waals surface area contributed by atoms with Crippen molar-refractivity contribution in [3.8, 4) is 0 Å². The summed E-state index contributed by atoms with van der Waals surface area (Å²) >= 11 is 1.32. The minimum absolute atomic E-state index is 0.189. The molecule has 2 rings (SSSR count). The smallest absolute Gasteiger partial charge is 0.376 e. The Labute approximate surface area is 118 Å². The van der Waals surface area contributed by atoms with E-state index in [2.05, 4.69) is 9.97 Å². The summed E-state index contributed by atoms with van der Waals surface area (Å²) in [6, 6.07) is 3.70. The predicted molar refractivity (Wildman–Crippen MR) is 72.4 cm³/mol. The molecule has 7 heteroatoms. The van der Waals surface area contributed by atoms with E-state index < -0.39 is 17.5 Å². The molecule has 102 valence electrons. The van der Waals surface area contributed by atoms with Crippen LogP contribution in [0.1, 0.15) is 16.3 Å². The molecule has 20 heavy (non-hydrogen) atoms. The number of aliphatic hydroxyl groups excluding tert-OH is 1. The molecule has 0 fully saturated rings. The van der Waals surface area contributed by atoms with Crippen molar-refractivity contribution in [2.24, 2.45) is 0 Å². The number of aromatic nitrogens is 2. The van der Waals surface area contributed by atoms with Gasteiger partial charge in [0.1, 0.15) is 11.5 Å². The van der Waals surface area contributed by atoms with Gasteiger partial charge in [-0.15, -0.1) is 11.3 Å². The molecule has 0 aliphatic heterocycles. The SMILES string of the molecule is O=C(O)C(=O)C=C(O)c1csc(Cc2ccncc2)n1. The van der Waals surface area contributed by atoms with E-state index in [9.17, 15) is 14.7 Å². The maximum atomic E-state index is 11.0. The number of pyridine rings is 1. The zero-order chi connectivity index (χ0) is 14.5. The van der Waals surface area contributed by atoms with Gasteiger partial charge in [0.25, 0.3) is 5.78 Å². The van der Waals surface area contributed by atoms with Crippen molar-refractivity contribution in [2.45, 2.75) is 6.42 Å². The number of carbonyl (C=O) groups excluding carboxylic acids is 1. The molecular weight excluding hydrogens is 280 g/mol. The number of carboxylic acids is 1. The molecule has 2 aromatic heterocycles. The topological polar surface area (TPSA) is 100 Å². The monoisotopic (exact) mass is 290 g/mol. The number of hydrogen-bond donors (Lipinski definition) is 2. The molecule has 0 spiro atoms. The maximum absolute atomic E-state index is 11.0. The normalized spacial score (nSPS) is 11.3. The maximum Gasteiger partial charge on any atom is 0.376 e. The Morgan fingerprint density at radius 3 is 2.60 bits per heavy atom. The summed E-state index contributed by atoms with van der Waals surface area (Å²) in [5.41, 5.74) is 1.21. The van der Waals surface area contributed by atoms with Crippen LogP contribution in [0.3, 0.4) is 0 Å². The van der Waals surface area contributed by atoms with Crippen LogP contribution in [0.15, 0.2) is 36.0 Å². The molecule has 0 radical (unpaired) electrons. The van der Waals surface area contributed by atoms with Gasteiger partial charge < -0.3 is 10.2 Å². The average molecular weight is 290 g/mol. The lowest BCUT2D eigenvalue weighted by atomic mass is 10.2. The van der Waals surface area contributed by atoms with Gasteiger partial charge in [0.2, 0.25) is 0 Å². The fourth-order valence-corrected chi connectivity index (χ4v) is 2.27. The highest BCUT2D eigenvalue weighted by molar-refractivity contribution is 7.09. The van der Waals surface area contributed by atoms with Gasteiger partial charge in [-0.05, 0) is 17.7 Å². The number of ketones is 1. The summed E-state index contributed by atoms with van der Waals surface area (Å²) in [7, 11) is 0. The van der Waals surface area contributed by atoms with Gasteiger partial charge in [-0.3, -0.25) is 9.78 Å². The van der Waals surface area contributed by atoms with Crippen LogP contribution in [-0.2, 0) is 16.0 Å². The molecule has 2 aromatic rings. The number of rotatable bonds is 5. The van der Waals surface area contributed by atoms with E-state index >= 15 is 0 Å². The number of hydrogen-bond acceptors (Lipinski definition) is 6. The quantitative estimate of drug-likeness (QED) is 0.493. The van der Waals surface area contributed by atoms with Crippen LogP contribution in [0.2, 0.25) is 0 Å². The van der Waals surface area contributed by atoms with E-state index in [-0.39, 0.29) is 5.69 Å². The standard InChI is InChI=1S/C13H10N2O4S/c16-10(6-11(17)13(18)19)9-7-20-12(15-9)5-8-1-3-14-4-2-8/h1-4,6-7,16H,5H2,(H,18,19). The molecule has 2 heterocycles. The van der Waals surface area contributed by atoms with Crippen molar-refractivity contribution in [1.82, 2.24) is 9.97 Å². The molecule has 2 N–H and O–H groups in total. The van der Waals surface area contributed by atoms with Crippen LogP contribution in [0, 0.1) is 0 Å². The van der Waals surface area contributed by atoms with Crippen LogP contribution in [0.4, 0.5) is 0 Å². The van der Waals surface area contributed by atoms with Gasteiger partial charge in [0.05, 0.1) is 5.01 Å². The van der Waals surface area contributed by atoms with E-state index in [0.29, 0.717) is 12.5 Å². The Hall–Kier alpha value is -2.54. The first-order valence-corrected chi connectivity index (χ1v) is 6.46. The van der Waals surface area contributed by atoms with E-state index in [1.807, 2.05) is 12.1 Å². The van der Waals surface area contributed by atoms with Crippen molar-refractivity contribution < 1.29 is 19.8 Å². The van der Waals surface area contributed by atoms with Crippen LogP contribution in [0.25, 0.3) is 5.76 Å². The number of aliphatic hydroxyl groups is 1. The van der Waals surface area contributed by atoms with E-state index in [4.69, 9.17) is 5.11 Å². The van der Waals surface area contributed by atoms with Crippen molar-refractivity contribution in [1.29, 1.82) is 0 Å². The lowest BCUT2D eigenvalue weighted by Crippen LogP contribution is -2.09. The Balaban J connectivity index is 2.13. The molecule has 0 aliphatic rings. The van der Waals surface area contributed by atoms with Crippen molar-refractivity contribution in [3.05, 3.63) is 52.2 Å². The molecule has 0 atom stereocenters. The molecule has 0 saturated carbocycles. The van der Waals surface area contributed by atoms with Gasteiger partial charge in [-0.1, -0.05) is 0 Å². The van der Waals surface area contributed by atoms with Crippen molar-refractivity contribution >= 4 is 28.8 Å². The third-order valence-corrected chi connectivity index (χ3v) is 3.25. The molecule has 6 nitrogen and oxygen atoms in total. The lowest BCUT2D eigenvalue weighted by molar-refractivity contribution is -0.146. The van der Waals surface area contributed by atoms with E-state index in [1.165, 1.54) is 11.3 Å². The Morgan fingerprint density at radius 2 is 1.95 bits per heavy atom. The third-order valence-electron chi connectivity index (χ3n) is 2.40. The Morgan fingerprint density at radius 1 is 1.25 bits per heavy atom. The van der Waals surface area contributed by atoms with Crippen molar-refractivity contribution in [3.63, 3.8) is 0 Å². The van der Waals surface area contributed by atoms with E-state index in [0.717, 1.165) is 10.6 Å². The molecule has 0 unspecified atom stereocenters. The van der Waals surface area contributed by atoms with Crippen LogP contribution in [-0.4, -0.2) is 31.9 Å². The number of carboxylic acid groups (broad SMARTS) is 1. The first-order valence-electron chi connectivity index (χ1n) is 5.58. The second-order valence-corrected chi connectivity index (χ2v) is 4.80. The number of nitrogens with zero attached hydrogens (tertiary/aromatic N) is 2. The third kappa shape index (κ3) is 3.48. The van der Waals surface area contributed by atoms with Gasteiger partial charge in [0.15, 0.2) is 0 Å². The Kier molecular flexibility index (Phi) is 4.21. The fraction of sp³-hybridized carbons (Fsp3) is 0.0769. The lowest BCUT2D eigenvalue weighted by Gasteiger charge is -1.96. The second kappa shape index (κ2) is 6.07. The number of aliphatic carboxylic acids is 1. The largest absolute Gasteiger partial charge is 0.506 e. The minimum Gasteiger partial charge on any atom is -0.506 e. The highest BCUT2D eigenvalue weighted by Gasteiger charge is 2.12. The van der Waals surface area contributed by atoms with Gasteiger partial charge in [-0.25, -0.2) is 9.78 Å². The fourth-order valence-electron chi connectivity index (χ4n) is 1.44. The highest BCUT2D eigenvalue weighted by atomic mass is 32.1. The Bertz CT molecular complexity index is 664. The molecule has 0 aliphatic carbocycles. The zero-order valence-electron chi connectivity index (χ0n) is 10.2. The second-order valence-electron chi connectivity index (χ2n) is 3.86. The highest BCUT2D eigenvalue weighted by Crippen LogP contribution is 2.18. The van der Waals surface area contributed by atoms with Crippen LogP contribution >= 0.6 is 11.3 Å². The van der Waals surface area contributed by atoms with Crippen molar-refractivity contribution in [2.75, 3.05) is 0 Å². The first-order chi connectivity index (χ1) is 9.56. The summed E-state index contributed by atoms with van der Waals surface area (Å²) < 4.78 is 0. The number of thiazole rings is 1. The van der Waals surface area contributed by atoms with Gasteiger partial charge in [-0.2, -0.15) is 0 Å². The summed E-state index contributed by atoms with van der Waals surface area (Å²) in [4.78, 5) is 29.4. The summed E-state index contributed by atoms with van der Waals surface area (Å²) in [5, 5.41) is 20.4. The molecule has 0 bridgehead atoms. The average Bonchev–Trinajstić information content (AvgIpc) is 2.88. The predicted octanol–water partition coefficient (Wildman–Crippen LogP) is 1.68. The zero-order valence-corrected chi connectivity index (χ0v) is 11.0.